The largest absolute Gasteiger partial charge is 0.412 e. The smallest absolute Gasteiger partial charge is 0.387 e. The van der Waals surface area contributed by atoms with Gasteiger partial charge in [-0.15, -0.1) is 0 Å². The average Bonchev–Trinajstić information content (AvgIpc) is 3.25. The Kier molecular flexibility index (Phi) is 6.57. The molecule has 0 aliphatic heterocycles. The minimum Gasteiger partial charge on any atom is -0.387 e. The van der Waals surface area contributed by atoms with Gasteiger partial charge in [0.1, 0.15) is 17.0 Å². The third kappa shape index (κ3) is 5.02. The molecule has 4 rings (SSSR count). The molecule has 0 aliphatic carbocycles. The van der Waals surface area contributed by atoms with Crippen molar-refractivity contribution < 1.29 is 22.4 Å². The second-order valence-electron chi connectivity index (χ2n) is 7.47. The maximum atomic E-state index is 13.8. The lowest BCUT2D eigenvalue weighted by atomic mass is 10.0. The summed E-state index contributed by atoms with van der Waals surface area (Å²) in [7, 11) is 1.57. The second kappa shape index (κ2) is 9.45. The van der Waals surface area contributed by atoms with Crippen LogP contribution in [0.5, 0.6) is 0 Å². The van der Waals surface area contributed by atoms with Crippen LogP contribution >= 0.6 is 15.9 Å². The second-order valence-corrected chi connectivity index (χ2v) is 8.39. The van der Waals surface area contributed by atoms with Crippen LogP contribution in [0.2, 0.25) is 0 Å². The minimum atomic E-state index is -4.75. The molecule has 4 N–H and O–H groups in total. The van der Waals surface area contributed by atoms with E-state index >= 15 is 0 Å². The Morgan fingerprint density at radius 3 is 2.51 bits per heavy atom. The van der Waals surface area contributed by atoms with Crippen LogP contribution in [0.4, 0.5) is 23.2 Å². The van der Waals surface area contributed by atoms with Crippen LogP contribution in [0.3, 0.4) is 0 Å². The number of nitrogens with one attached hydrogen (secondary N) is 4. The van der Waals surface area contributed by atoms with Gasteiger partial charge in [0, 0.05) is 29.0 Å². The summed E-state index contributed by atoms with van der Waals surface area (Å²) in [5, 5.41) is 13.3. The SMILES string of the molecule is CNc1cc(F)ccc1C(=N)c1cnc2[nH]cc(C(=O)N[C@H](c3ccc(Br)cc3)C(F)(F)F)c2n1. The predicted octanol–water partition coefficient (Wildman–Crippen LogP) is 5.35. The summed E-state index contributed by atoms with van der Waals surface area (Å²) in [4.78, 5) is 24.0. The Morgan fingerprint density at radius 2 is 1.86 bits per heavy atom. The molecule has 0 saturated carbocycles. The first-order valence-corrected chi connectivity index (χ1v) is 10.9. The number of carbonyl (C=O) groups excluding carboxylic acids is 1. The Morgan fingerprint density at radius 1 is 1.14 bits per heavy atom. The topological polar surface area (TPSA) is 107 Å². The number of carbonyl (C=O) groups is 1. The molecule has 0 radical (unpaired) electrons. The number of aromatic amines is 1. The molecule has 1 atom stereocenters. The van der Waals surface area contributed by atoms with Crippen molar-refractivity contribution in [2.24, 2.45) is 0 Å². The highest BCUT2D eigenvalue weighted by molar-refractivity contribution is 9.10. The molecule has 12 heteroatoms. The number of halogens is 5. The number of alkyl halides is 3. The third-order valence-corrected chi connectivity index (χ3v) is 5.74. The number of benzene rings is 2. The summed E-state index contributed by atoms with van der Waals surface area (Å²) in [6, 6.07) is 6.97. The van der Waals surface area contributed by atoms with Crippen molar-refractivity contribution in [1.82, 2.24) is 20.3 Å². The molecule has 180 valence electrons. The predicted molar refractivity (Wildman–Crippen MR) is 126 cm³/mol. The standard InChI is InChI=1S/C23H17BrF4N6O/c1-30-16-8-13(25)6-7-14(16)18(29)17-10-32-21-19(33-17)15(9-31-21)22(35)34-20(23(26,27)28)11-2-4-12(24)5-3-11/h2-10,20,29-30H,1H3,(H,31,32)(H,34,35)/t20-/m1/s1. The first-order chi connectivity index (χ1) is 16.6. The molecule has 35 heavy (non-hydrogen) atoms. The average molecular weight is 549 g/mol. The highest BCUT2D eigenvalue weighted by Crippen LogP contribution is 2.34. The number of nitrogens with zero attached hydrogens (tertiary/aromatic N) is 2. The molecule has 0 aliphatic rings. The van der Waals surface area contributed by atoms with Gasteiger partial charge in [-0.2, -0.15) is 13.2 Å². The van der Waals surface area contributed by atoms with Crippen LogP contribution < -0.4 is 10.6 Å². The van der Waals surface area contributed by atoms with E-state index in [1.54, 1.807) is 7.05 Å². The van der Waals surface area contributed by atoms with E-state index < -0.39 is 23.9 Å². The van der Waals surface area contributed by atoms with Gasteiger partial charge < -0.3 is 15.6 Å². The van der Waals surface area contributed by atoms with Gasteiger partial charge in [-0.3, -0.25) is 10.2 Å². The van der Waals surface area contributed by atoms with E-state index in [-0.39, 0.29) is 33.7 Å². The van der Waals surface area contributed by atoms with Gasteiger partial charge in [0.05, 0.1) is 17.5 Å². The molecule has 0 unspecified atom stereocenters. The fourth-order valence-electron chi connectivity index (χ4n) is 3.48. The Bertz CT molecular complexity index is 1420. The van der Waals surface area contributed by atoms with Crippen LogP contribution in [0.15, 0.2) is 59.3 Å². The normalized spacial score (nSPS) is 12.4. The van der Waals surface area contributed by atoms with Crippen molar-refractivity contribution in [3.8, 4) is 0 Å². The molecule has 2 aromatic heterocycles. The maximum absolute atomic E-state index is 13.8. The Balaban J connectivity index is 1.68. The van der Waals surface area contributed by atoms with Gasteiger partial charge in [0.15, 0.2) is 11.7 Å². The van der Waals surface area contributed by atoms with Gasteiger partial charge in [0.25, 0.3) is 5.91 Å². The first kappa shape index (κ1) is 24.3. The number of hydrogen-bond acceptors (Lipinski definition) is 5. The van der Waals surface area contributed by atoms with Crippen LogP contribution in [0, 0.1) is 11.2 Å². The fraction of sp³-hybridized carbons (Fsp3) is 0.130. The highest BCUT2D eigenvalue weighted by atomic mass is 79.9. The van der Waals surface area contributed by atoms with Crippen molar-refractivity contribution in [3.63, 3.8) is 0 Å². The summed E-state index contributed by atoms with van der Waals surface area (Å²) >= 11 is 3.17. The number of hydrogen-bond donors (Lipinski definition) is 4. The zero-order chi connectivity index (χ0) is 25.3. The molecule has 0 fully saturated rings. The molecular weight excluding hydrogens is 532 g/mol. The number of amides is 1. The lowest BCUT2D eigenvalue weighted by Crippen LogP contribution is -2.38. The van der Waals surface area contributed by atoms with E-state index in [1.807, 2.05) is 5.32 Å². The van der Waals surface area contributed by atoms with E-state index in [0.29, 0.717) is 15.7 Å². The summed E-state index contributed by atoms with van der Waals surface area (Å²) in [5.74, 6) is -1.51. The van der Waals surface area contributed by atoms with E-state index in [9.17, 15) is 22.4 Å². The molecule has 0 spiro atoms. The number of anilines is 1. The van der Waals surface area contributed by atoms with E-state index in [0.717, 1.165) is 0 Å². The van der Waals surface area contributed by atoms with Crippen LogP contribution in [-0.4, -0.2) is 39.8 Å². The van der Waals surface area contributed by atoms with Crippen LogP contribution in [0.1, 0.15) is 33.2 Å². The Hall–Kier alpha value is -3.80. The Labute approximate surface area is 204 Å². The van der Waals surface area contributed by atoms with Crippen molar-refractivity contribution in [1.29, 1.82) is 5.41 Å². The molecule has 7 nitrogen and oxygen atoms in total. The number of rotatable bonds is 6. The van der Waals surface area contributed by atoms with Gasteiger partial charge in [-0.1, -0.05) is 28.1 Å². The van der Waals surface area contributed by atoms with E-state index in [2.05, 4.69) is 36.2 Å². The van der Waals surface area contributed by atoms with Crippen molar-refractivity contribution in [3.05, 3.63) is 87.5 Å². The first-order valence-electron chi connectivity index (χ1n) is 10.1. The van der Waals surface area contributed by atoms with E-state index in [4.69, 9.17) is 5.41 Å². The molecule has 2 heterocycles. The molecule has 2 aromatic carbocycles. The molecule has 1 amide bonds. The molecule has 0 bridgehead atoms. The third-order valence-electron chi connectivity index (χ3n) is 5.21. The lowest BCUT2D eigenvalue weighted by Gasteiger charge is -2.22. The monoisotopic (exact) mass is 548 g/mol. The maximum Gasteiger partial charge on any atom is 0.412 e. The number of H-pyrrole nitrogens is 1. The van der Waals surface area contributed by atoms with Crippen LogP contribution in [-0.2, 0) is 0 Å². The summed E-state index contributed by atoms with van der Waals surface area (Å²) in [6.45, 7) is 0. The van der Waals surface area contributed by atoms with Crippen LogP contribution in [0.25, 0.3) is 11.2 Å². The summed E-state index contributed by atoms with van der Waals surface area (Å²) in [6.07, 6.45) is -2.26. The summed E-state index contributed by atoms with van der Waals surface area (Å²) in [5.41, 5.74) is 0.457. The van der Waals surface area contributed by atoms with Gasteiger partial charge in [0.2, 0.25) is 0 Å². The fourth-order valence-corrected chi connectivity index (χ4v) is 3.75. The number of aromatic nitrogens is 3. The van der Waals surface area contributed by atoms with E-state index in [1.165, 1.54) is 54.9 Å². The lowest BCUT2D eigenvalue weighted by molar-refractivity contribution is -0.155. The molecular formula is C23H17BrF4N6O. The zero-order valence-corrected chi connectivity index (χ0v) is 19.6. The van der Waals surface area contributed by atoms with Gasteiger partial charge in [-0.25, -0.2) is 14.4 Å². The molecule has 4 aromatic rings. The van der Waals surface area contributed by atoms with Crippen molar-refractivity contribution in [2.75, 3.05) is 12.4 Å². The summed E-state index contributed by atoms with van der Waals surface area (Å²) < 4.78 is 55.4. The number of fused-ring (bicyclic) bond motifs is 1. The van der Waals surface area contributed by atoms with Crippen molar-refractivity contribution in [2.45, 2.75) is 12.2 Å². The quantitative estimate of drug-likeness (QED) is 0.192. The molecule has 0 saturated heterocycles. The highest BCUT2D eigenvalue weighted by Gasteiger charge is 2.42. The van der Waals surface area contributed by atoms with Crippen molar-refractivity contribution >= 4 is 44.4 Å². The minimum absolute atomic E-state index is 0.00500. The van der Waals surface area contributed by atoms with Gasteiger partial charge in [-0.05, 0) is 35.9 Å². The zero-order valence-electron chi connectivity index (χ0n) is 18.0. The van der Waals surface area contributed by atoms with Gasteiger partial charge >= 0.3 is 6.18 Å².